The van der Waals surface area contributed by atoms with Crippen molar-refractivity contribution in [3.63, 3.8) is 0 Å². The van der Waals surface area contributed by atoms with Crippen LogP contribution in [0.25, 0.3) is 0 Å². The zero-order valence-electron chi connectivity index (χ0n) is 9.74. The summed E-state index contributed by atoms with van der Waals surface area (Å²) in [6, 6.07) is 7.49. The molecule has 1 fully saturated rings. The highest BCUT2D eigenvalue weighted by molar-refractivity contribution is 7.89. The average molecular weight is 291 g/mol. The lowest BCUT2D eigenvalue weighted by Gasteiger charge is -2.26. The molecule has 4 heteroatoms. The maximum absolute atomic E-state index is 12.6. The highest BCUT2D eigenvalue weighted by atomic mass is 35.7. The Morgan fingerprint density at radius 2 is 1.71 bits per heavy atom. The van der Waals surface area contributed by atoms with Crippen LogP contribution >= 0.6 is 29.3 Å². The Balaban J connectivity index is 2.05. The van der Waals surface area contributed by atoms with E-state index in [0.29, 0.717) is 11.2 Å². The molecule has 1 aliphatic carbocycles. The lowest BCUT2D eigenvalue weighted by atomic mass is 10.0. The highest BCUT2D eigenvalue weighted by Gasteiger charge is 2.31. The smallest absolute Gasteiger partial charge is 0.176 e. The minimum Gasteiger partial charge on any atom is -0.306 e. The second-order valence-corrected chi connectivity index (χ2v) is 9.39. The van der Waals surface area contributed by atoms with Crippen molar-refractivity contribution in [2.75, 3.05) is 0 Å². The number of hydrogen-bond donors (Lipinski definition) is 0. The van der Waals surface area contributed by atoms with Crippen LogP contribution in [0, 0.1) is 0 Å². The molecule has 0 amide bonds. The Kier molecular flexibility index (Phi) is 4.58. The van der Waals surface area contributed by atoms with Gasteiger partial charge in [0.1, 0.15) is 0 Å². The lowest BCUT2D eigenvalue weighted by molar-refractivity contribution is 0.488. The molecule has 0 saturated heterocycles. The molecule has 0 radical (unpaired) electrons. The molecule has 1 unspecified atom stereocenters. The fourth-order valence-electron chi connectivity index (χ4n) is 2.43. The SMILES string of the molecule is O=P(Cl)(Cc1ccc(Cl)cc1)C1CCCCC1. The molecule has 94 valence electrons. The van der Waals surface area contributed by atoms with E-state index in [0.717, 1.165) is 18.4 Å². The van der Waals surface area contributed by atoms with Gasteiger partial charge in [0.05, 0.1) is 0 Å². The number of halogens is 2. The Morgan fingerprint density at radius 1 is 1.12 bits per heavy atom. The van der Waals surface area contributed by atoms with Gasteiger partial charge in [-0.15, -0.1) is 0 Å². The Morgan fingerprint density at radius 3 is 2.29 bits per heavy atom. The number of benzene rings is 1. The zero-order valence-corrected chi connectivity index (χ0v) is 12.1. The van der Waals surface area contributed by atoms with Crippen LogP contribution in [-0.4, -0.2) is 5.66 Å². The van der Waals surface area contributed by atoms with Crippen molar-refractivity contribution < 1.29 is 4.57 Å². The monoisotopic (exact) mass is 290 g/mol. The summed E-state index contributed by atoms with van der Waals surface area (Å²) in [4.78, 5) is 0. The van der Waals surface area contributed by atoms with Gasteiger partial charge in [0.2, 0.25) is 0 Å². The first kappa shape index (κ1) is 13.5. The van der Waals surface area contributed by atoms with Crippen LogP contribution in [0.1, 0.15) is 37.7 Å². The Bertz CT molecular complexity index is 410. The van der Waals surface area contributed by atoms with E-state index in [1.54, 1.807) is 0 Å². The average Bonchev–Trinajstić information content (AvgIpc) is 2.33. The summed E-state index contributed by atoms with van der Waals surface area (Å²) in [6.07, 6.45) is 6.14. The molecule has 2 rings (SSSR count). The van der Waals surface area contributed by atoms with E-state index < -0.39 is 6.49 Å². The van der Waals surface area contributed by atoms with E-state index in [4.69, 9.17) is 22.8 Å². The molecule has 0 aliphatic heterocycles. The van der Waals surface area contributed by atoms with Gasteiger partial charge in [-0.2, -0.15) is 0 Å². The van der Waals surface area contributed by atoms with Gasteiger partial charge in [-0.3, -0.25) is 0 Å². The van der Waals surface area contributed by atoms with Crippen molar-refractivity contribution in [1.29, 1.82) is 0 Å². The molecule has 0 spiro atoms. The second kappa shape index (κ2) is 5.78. The first-order valence-corrected chi connectivity index (χ1v) is 9.35. The van der Waals surface area contributed by atoms with Gasteiger partial charge in [0, 0.05) is 16.8 Å². The van der Waals surface area contributed by atoms with Gasteiger partial charge < -0.3 is 4.57 Å². The standard InChI is InChI=1S/C13H17Cl2OP/c14-12-8-6-11(7-9-12)10-17(15,16)13-4-2-1-3-5-13/h6-9,13H,1-5,10H2. The largest absolute Gasteiger partial charge is 0.306 e. The summed E-state index contributed by atoms with van der Waals surface area (Å²) in [6.45, 7) is -2.58. The van der Waals surface area contributed by atoms with Gasteiger partial charge in [0.25, 0.3) is 0 Å². The molecule has 0 heterocycles. The molecule has 1 nitrogen and oxygen atoms in total. The van der Waals surface area contributed by atoms with Gasteiger partial charge in [0.15, 0.2) is 6.49 Å². The van der Waals surface area contributed by atoms with E-state index in [1.807, 2.05) is 24.3 Å². The third-order valence-corrected chi connectivity index (χ3v) is 7.27. The minimum absolute atomic E-state index is 0.216. The maximum Gasteiger partial charge on any atom is 0.176 e. The Hall–Kier alpha value is 0.0300. The predicted octanol–water partition coefficient (Wildman–Crippen LogP) is 5.69. The van der Waals surface area contributed by atoms with Crippen LogP contribution in [-0.2, 0) is 10.7 Å². The van der Waals surface area contributed by atoms with Crippen LogP contribution in [0.5, 0.6) is 0 Å². The molecule has 1 aromatic rings. The van der Waals surface area contributed by atoms with Crippen LogP contribution in [0.15, 0.2) is 24.3 Å². The van der Waals surface area contributed by atoms with Gasteiger partial charge in [-0.05, 0) is 30.5 Å². The summed E-state index contributed by atoms with van der Waals surface area (Å²) in [5.74, 6) is 0. The third kappa shape index (κ3) is 3.74. The molecule has 1 aliphatic rings. The van der Waals surface area contributed by atoms with Crippen molar-refractivity contribution >= 4 is 29.3 Å². The zero-order chi connectivity index (χ0) is 12.3. The predicted molar refractivity (Wildman–Crippen MR) is 75.5 cm³/mol. The fourth-order valence-corrected chi connectivity index (χ4v) is 5.66. The summed E-state index contributed by atoms with van der Waals surface area (Å²) >= 11 is 12.1. The lowest BCUT2D eigenvalue weighted by Crippen LogP contribution is -2.11. The number of rotatable bonds is 3. The summed E-state index contributed by atoms with van der Waals surface area (Å²) < 4.78 is 12.6. The van der Waals surface area contributed by atoms with Crippen LogP contribution in [0.3, 0.4) is 0 Å². The van der Waals surface area contributed by atoms with Crippen molar-refractivity contribution in [2.24, 2.45) is 0 Å². The first-order valence-electron chi connectivity index (χ1n) is 6.11. The molecule has 1 aromatic carbocycles. The summed E-state index contributed by atoms with van der Waals surface area (Å²) in [5.41, 5.74) is 1.24. The quantitative estimate of drug-likeness (QED) is 0.654. The molecule has 1 atom stereocenters. The van der Waals surface area contributed by atoms with Crippen molar-refractivity contribution in [2.45, 2.75) is 43.9 Å². The van der Waals surface area contributed by atoms with Gasteiger partial charge >= 0.3 is 0 Å². The maximum atomic E-state index is 12.6. The van der Waals surface area contributed by atoms with Crippen molar-refractivity contribution in [3.05, 3.63) is 34.9 Å². The summed E-state index contributed by atoms with van der Waals surface area (Å²) in [5, 5.41) is 0.704. The van der Waals surface area contributed by atoms with Crippen LogP contribution in [0.2, 0.25) is 5.02 Å². The number of hydrogen-bond acceptors (Lipinski definition) is 1. The van der Waals surface area contributed by atoms with Crippen LogP contribution in [0.4, 0.5) is 0 Å². The Labute approximate surface area is 113 Å². The highest BCUT2D eigenvalue weighted by Crippen LogP contribution is 2.62. The van der Waals surface area contributed by atoms with E-state index in [1.165, 1.54) is 19.3 Å². The van der Waals surface area contributed by atoms with Crippen LogP contribution < -0.4 is 0 Å². The second-order valence-electron chi connectivity index (χ2n) is 4.78. The third-order valence-electron chi connectivity index (χ3n) is 3.43. The topological polar surface area (TPSA) is 17.1 Å². The normalized spacial score (nSPS) is 21.1. The fraction of sp³-hybridized carbons (Fsp3) is 0.538. The minimum atomic E-state index is -2.58. The molecular formula is C13H17Cl2OP. The van der Waals surface area contributed by atoms with E-state index in [9.17, 15) is 4.57 Å². The molecule has 0 aromatic heterocycles. The first-order chi connectivity index (χ1) is 8.08. The van der Waals surface area contributed by atoms with E-state index in [-0.39, 0.29) is 5.66 Å². The molecule has 17 heavy (non-hydrogen) atoms. The summed E-state index contributed by atoms with van der Waals surface area (Å²) in [7, 11) is 0. The van der Waals surface area contributed by atoms with Gasteiger partial charge in [-0.1, -0.05) is 54.2 Å². The van der Waals surface area contributed by atoms with Gasteiger partial charge in [-0.25, -0.2) is 0 Å². The molecule has 0 N–H and O–H groups in total. The van der Waals surface area contributed by atoms with Crippen molar-refractivity contribution in [3.8, 4) is 0 Å². The molecule has 1 saturated carbocycles. The molecular weight excluding hydrogens is 274 g/mol. The van der Waals surface area contributed by atoms with E-state index >= 15 is 0 Å². The van der Waals surface area contributed by atoms with E-state index in [2.05, 4.69) is 0 Å². The molecule has 0 bridgehead atoms. The van der Waals surface area contributed by atoms with Crippen molar-refractivity contribution in [1.82, 2.24) is 0 Å².